The summed E-state index contributed by atoms with van der Waals surface area (Å²) in [4.78, 5) is 19.6. The molecule has 1 amide bonds. The van der Waals surface area contributed by atoms with Crippen molar-refractivity contribution >= 4 is 16.8 Å². The van der Waals surface area contributed by atoms with Gasteiger partial charge in [-0.25, -0.2) is 0 Å². The van der Waals surface area contributed by atoms with Crippen molar-refractivity contribution < 1.29 is 4.79 Å². The van der Waals surface area contributed by atoms with Crippen LogP contribution < -0.4 is 5.32 Å². The van der Waals surface area contributed by atoms with Crippen LogP contribution in [-0.2, 0) is 0 Å². The van der Waals surface area contributed by atoms with Gasteiger partial charge in [0.1, 0.15) is 0 Å². The Morgan fingerprint density at radius 1 is 1.29 bits per heavy atom. The first-order chi connectivity index (χ1) is 11.6. The number of carbonyl (C=O) groups excluding carboxylic acids is 1. The molecule has 1 aromatic carbocycles. The van der Waals surface area contributed by atoms with E-state index in [1.54, 1.807) is 0 Å². The van der Waals surface area contributed by atoms with Crippen LogP contribution >= 0.6 is 0 Å². The Bertz CT molecular complexity index is 705. The van der Waals surface area contributed by atoms with Gasteiger partial charge in [-0.1, -0.05) is 25.1 Å². The minimum Gasteiger partial charge on any atom is -0.352 e. The normalized spacial score (nSPS) is 16.4. The van der Waals surface area contributed by atoms with Crippen LogP contribution in [0.2, 0.25) is 0 Å². The molecule has 3 rings (SSSR count). The molecule has 0 aliphatic carbocycles. The van der Waals surface area contributed by atoms with Gasteiger partial charge in [-0.3, -0.25) is 9.78 Å². The molecule has 1 fully saturated rings. The third-order valence-electron chi connectivity index (χ3n) is 4.90. The Balaban J connectivity index is 1.54. The number of fused-ring (bicyclic) bond motifs is 1. The highest BCUT2D eigenvalue weighted by Crippen LogP contribution is 2.18. The van der Waals surface area contributed by atoms with E-state index in [0.717, 1.165) is 47.6 Å². The molecule has 1 aromatic heterocycles. The maximum absolute atomic E-state index is 12.6. The number of para-hydroxylation sites is 1. The van der Waals surface area contributed by atoms with Gasteiger partial charge in [0.2, 0.25) is 0 Å². The maximum Gasteiger partial charge on any atom is 0.252 e. The largest absolute Gasteiger partial charge is 0.352 e. The Hall–Kier alpha value is -1.94. The monoisotopic (exact) mass is 325 g/mol. The average molecular weight is 325 g/mol. The fourth-order valence-electron chi connectivity index (χ4n) is 3.38. The quantitative estimate of drug-likeness (QED) is 0.857. The van der Waals surface area contributed by atoms with E-state index >= 15 is 0 Å². The molecule has 1 N–H and O–H groups in total. The Morgan fingerprint density at radius 3 is 2.83 bits per heavy atom. The second-order valence-electron chi connectivity index (χ2n) is 6.96. The van der Waals surface area contributed by atoms with Crippen molar-refractivity contribution in [3.05, 3.63) is 41.6 Å². The van der Waals surface area contributed by atoms with Crippen LogP contribution in [0.1, 0.15) is 42.2 Å². The molecule has 0 radical (unpaired) electrons. The second kappa shape index (κ2) is 7.75. The maximum atomic E-state index is 12.6. The predicted molar refractivity (Wildman–Crippen MR) is 98.3 cm³/mol. The number of carbonyl (C=O) groups is 1. The van der Waals surface area contributed by atoms with E-state index in [2.05, 4.69) is 22.1 Å². The Labute approximate surface area is 144 Å². The number of nitrogens with one attached hydrogen (secondary N) is 1. The van der Waals surface area contributed by atoms with Gasteiger partial charge in [0, 0.05) is 17.6 Å². The minimum atomic E-state index is 0.00367. The third-order valence-corrected chi connectivity index (χ3v) is 4.90. The van der Waals surface area contributed by atoms with Gasteiger partial charge in [-0.15, -0.1) is 0 Å². The average Bonchev–Trinajstić information content (AvgIpc) is 2.59. The van der Waals surface area contributed by atoms with E-state index in [4.69, 9.17) is 0 Å². The van der Waals surface area contributed by atoms with Gasteiger partial charge in [0.25, 0.3) is 5.91 Å². The number of pyridine rings is 1. The zero-order chi connectivity index (χ0) is 16.9. The van der Waals surface area contributed by atoms with Crippen LogP contribution in [0.15, 0.2) is 30.3 Å². The van der Waals surface area contributed by atoms with Crippen molar-refractivity contribution in [3.63, 3.8) is 0 Å². The van der Waals surface area contributed by atoms with E-state index in [1.807, 2.05) is 37.3 Å². The van der Waals surface area contributed by atoms with Crippen molar-refractivity contribution in [1.82, 2.24) is 15.2 Å². The third kappa shape index (κ3) is 4.12. The summed E-state index contributed by atoms with van der Waals surface area (Å²) in [7, 11) is 0. The molecular weight excluding hydrogens is 298 g/mol. The van der Waals surface area contributed by atoms with Crippen molar-refractivity contribution in [1.29, 1.82) is 0 Å². The molecular formula is C20H27N3O. The number of aryl methyl sites for hydroxylation is 1. The Morgan fingerprint density at radius 2 is 2.04 bits per heavy atom. The van der Waals surface area contributed by atoms with Crippen LogP contribution in [0.3, 0.4) is 0 Å². The lowest BCUT2D eigenvalue weighted by Gasteiger charge is -2.30. The highest BCUT2D eigenvalue weighted by atomic mass is 16.1. The first-order valence-electron chi connectivity index (χ1n) is 9.00. The molecule has 0 atom stereocenters. The molecule has 2 heterocycles. The van der Waals surface area contributed by atoms with E-state index in [-0.39, 0.29) is 5.91 Å². The van der Waals surface area contributed by atoms with Gasteiger partial charge in [0.15, 0.2) is 0 Å². The van der Waals surface area contributed by atoms with Gasteiger partial charge in [-0.2, -0.15) is 0 Å². The molecule has 0 bridgehead atoms. The van der Waals surface area contributed by atoms with E-state index in [1.165, 1.54) is 25.9 Å². The summed E-state index contributed by atoms with van der Waals surface area (Å²) < 4.78 is 0. The molecule has 0 spiro atoms. The topological polar surface area (TPSA) is 45.2 Å². The van der Waals surface area contributed by atoms with E-state index in [9.17, 15) is 4.79 Å². The first-order valence-corrected chi connectivity index (χ1v) is 9.00. The fraction of sp³-hybridized carbons (Fsp3) is 0.500. The van der Waals surface area contributed by atoms with Gasteiger partial charge in [0.05, 0.1) is 11.1 Å². The lowest BCUT2D eigenvalue weighted by molar-refractivity contribution is 0.0952. The summed E-state index contributed by atoms with van der Waals surface area (Å²) in [5.41, 5.74) is 2.48. The minimum absolute atomic E-state index is 0.00367. The summed E-state index contributed by atoms with van der Waals surface area (Å²) in [5.74, 6) is 0.869. The van der Waals surface area contributed by atoms with Gasteiger partial charge in [-0.05, 0) is 63.9 Å². The van der Waals surface area contributed by atoms with Gasteiger partial charge >= 0.3 is 0 Å². The molecule has 2 aromatic rings. The smallest absolute Gasteiger partial charge is 0.252 e. The van der Waals surface area contributed by atoms with Crippen LogP contribution in [0.5, 0.6) is 0 Å². The van der Waals surface area contributed by atoms with Gasteiger partial charge < -0.3 is 10.2 Å². The van der Waals surface area contributed by atoms with Crippen LogP contribution in [-0.4, -0.2) is 42.0 Å². The van der Waals surface area contributed by atoms with Crippen LogP contribution in [0.4, 0.5) is 0 Å². The standard InChI is InChI=1S/C20H27N3O/c1-15-8-12-23(13-9-15)11-5-10-21-20(24)18-14-16(2)22-19-7-4-3-6-17(18)19/h3-4,6-7,14-15H,5,8-13H2,1-2H3,(H,21,24). The summed E-state index contributed by atoms with van der Waals surface area (Å²) in [6.45, 7) is 8.45. The molecule has 4 nitrogen and oxygen atoms in total. The summed E-state index contributed by atoms with van der Waals surface area (Å²) in [6, 6.07) is 9.70. The predicted octanol–water partition coefficient (Wildman–Crippen LogP) is 3.40. The van der Waals surface area contributed by atoms with Crippen molar-refractivity contribution in [2.75, 3.05) is 26.2 Å². The zero-order valence-corrected chi connectivity index (χ0v) is 14.7. The number of likely N-dealkylation sites (tertiary alicyclic amines) is 1. The lowest BCUT2D eigenvalue weighted by Crippen LogP contribution is -2.35. The first kappa shape index (κ1) is 16.9. The summed E-state index contributed by atoms with van der Waals surface area (Å²) in [5, 5.41) is 4.00. The van der Waals surface area contributed by atoms with Crippen molar-refractivity contribution in [2.24, 2.45) is 5.92 Å². The number of amides is 1. The molecule has 4 heteroatoms. The number of rotatable bonds is 5. The molecule has 0 unspecified atom stereocenters. The molecule has 1 aliphatic rings. The van der Waals surface area contributed by atoms with Crippen molar-refractivity contribution in [2.45, 2.75) is 33.1 Å². The number of piperidine rings is 1. The number of benzene rings is 1. The molecule has 128 valence electrons. The lowest BCUT2D eigenvalue weighted by atomic mass is 9.99. The number of aromatic nitrogens is 1. The van der Waals surface area contributed by atoms with E-state index < -0.39 is 0 Å². The molecule has 1 aliphatic heterocycles. The summed E-state index contributed by atoms with van der Waals surface area (Å²) >= 11 is 0. The fourth-order valence-corrected chi connectivity index (χ4v) is 3.38. The van der Waals surface area contributed by atoms with Crippen LogP contribution in [0, 0.1) is 12.8 Å². The number of hydrogen-bond donors (Lipinski definition) is 1. The highest BCUT2D eigenvalue weighted by Gasteiger charge is 2.15. The number of hydrogen-bond acceptors (Lipinski definition) is 3. The highest BCUT2D eigenvalue weighted by molar-refractivity contribution is 6.06. The second-order valence-corrected chi connectivity index (χ2v) is 6.96. The zero-order valence-electron chi connectivity index (χ0n) is 14.7. The SMILES string of the molecule is Cc1cc(C(=O)NCCCN2CCC(C)CC2)c2ccccc2n1. The molecule has 1 saturated heterocycles. The summed E-state index contributed by atoms with van der Waals surface area (Å²) in [6.07, 6.45) is 3.60. The van der Waals surface area contributed by atoms with Crippen molar-refractivity contribution in [3.8, 4) is 0 Å². The molecule has 0 saturated carbocycles. The molecule has 24 heavy (non-hydrogen) atoms. The Kier molecular flexibility index (Phi) is 5.46. The van der Waals surface area contributed by atoms with Crippen LogP contribution in [0.25, 0.3) is 10.9 Å². The van der Waals surface area contributed by atoms with E-state index in [0.29, 0.717) is 0 Å². The number of nitrogens with zero attached hydrogens (tertiary/aromatic N) is 2.